The number of fused-ring (bicyclic) bond motifs is 1. The predicted octanol–water partition coefficient (Wildman–Crippen LogP) is 4.08. The molecule has 3 rings (SSSR count). The maximum absolute atomic E-state index is 12.3. The van der Waals surface area contributed by atoms with Gasteiger partial charge in [-0.2, -0.15) is 0 Å². The molecule has 120 valence electrons. The number of thiophene rings is 1. The van der Waals surface area contributed by atoms with Crippen LogP contribution < -0.4 is 10.6 Å². The standard InChI is InChI=1S/C18H20N2O2S/c1-11(2)17(21)19-13-6-8-14(9-7-13)20-18(22)16-10-12-4-3-5-15(12)23-16/h6-11H,3-5H2,1-2H3,(H,19,21)(H,20,22). The zero-order valence-electron chi connectivity index (χ0n) is 13.3. The Morgan fingerprint density at radius 1 is 1.04 bits per heavy atom. The number of benzene rings is 1. The number of anilines is 2. The summed E-state index contributed by atoms with van der Waals surface area (Å²) in [5, 5.41) is 5.74. The molecule has 0 unspecified atom stereocenters. The highest BCUT2D eigenvalue weighted by Crippen LogP contribution is 2.31. The third-order valence-electron chi connectivity index (χ3n) is 3.91. The van der Waals surface area contributed by atoms with Gasteiger partial charge in [-0.15, -0.1) is 11.3 Å². The summed E-state index contributed by atoms with van der Waals surface area (Å²) < 4.78 is 0. The minimum Gasteiger partial charge on any atom is -0.326 e. The number of carbonyl (C=O) groups is 2. The zero-order valence-corrected chi connectivity index (χ0v) is 14.1. The molecule has 0 aliphatic heterocycles. The second-order valence-corrected chi connectivity index (χ2v) is 7.22. The third kappa shape index (κ3) is 3.62. The van der Waals surface area contributed by atoms with Crippen LogP contribution in [-0.4, -0.2) is 11.8 Å². The summed E-state index contributed by atoms with van der Waals surface area (Å²) >= 11 is 1.60. The smallest absolute Gasteiger partial charge is 0.265 e. The summed E-state index contributed by atoms with van der Waals surface area (Å²) in [6, 6.07) is 9.21. The van der Waals surface area contributed by atoms with E-state index < -0.39 is 0 Å². The maximum atomic E-state index is 12.3. The van der Waals surface area contributed by atoms with E-state index in [9.17, 15) is 9.59 Å². The van der Waals surface area contributed by atoms with Gasteiger partial charge in [-0.1, -0.05) is 13.8 Å². The molecule has 0 bridgehead atoms. The Bertz CT molecular complexity index is 710. The fraction of sp³-hybridized carbons (Fsp3) is 0.333. The number of amides is 2. The van der Waals surface area contributed by atoms with Gasteiger partial charge in [-0.25, -0.2) is 0 Å². The summed E-state index contributed by atoms with van der Waals surface area (Å²) in [5.41, 5.74) is 2.79. The van der Waals surface area contributed by atoms with Gasteiger partial charge in [0.05, 0.1) is 4.88 Å². The molecule has 2 N–H and O–H groups in total. The number of aryl methyl sites for hydroxylation is 2. The lowest BCUT2D eigenvalue weighted by molar-refractivity contribution is -0.118. The quantitative estimate of drug-likeness (QED) is 0.888. The van der Waals surface area contributed by atoms with Gasteiger partial charge in [0.25, 0.3) is 5.91 Å². The maximum Gasteiger partial charge on any atom is 0.265 e. The molecular formula is C18H20N2O2S. The number of nitrogens with one attached hydrogen (secondary N) is 2. The van der Waals surface area contributed by atoms with Crippen molar-refractivity contribution in [2.75, 3.05) is 10.6 Å². The van der Waals surface area contributed by atoms with Gasteiger partial charge in [0.2, 0.25) is 5.91 Å². The largest absolute Gasteiger partial charge is 0.326 e. The van der Waals surface area contributed by atoms with Crippen molar-refractivity contribution in [1.29, 1.82) is 0 Å². The van der Waals surface area contributed by atoms with E-state index in [0.717, 1.165) is 29.1 Å². The predicted molar refractivity (Wildman–Crippen MR) is 94.2 cm³/mol. The topological polar surface area (TPSA) is 58.2 Å². The molecule has 2 amide bonds. The summed E-state index contributed by atoms with van der Waals surface area (Å²) in [6.45, 7) is 3.70. The highest BCUT2D eigenvalue weighted by molar-refractivity contribution is 7.14. The van der Waals surface area contributed by atoms with Crippen LogP contribution in [0.25, 0.3) is 0 Å². The van der Waals surface area contributed by atoms with Gasteiger partial charge in [0, 0.05) is 22.2 Å². The molecule has 1 aliphatic rings. The molecule has 1 aliphatic carbocycles. The van der Waals surface area contributed by atoms with Crippen molar-refractivity contribution in [3.8, 4) is 0 Å². The van der Waals surface area contributed by atoms with Gasteiger partial charge in [-0.05, 0) is 55.2 Å². The monoisotopic (exact) mass is 328 g/mol. The first-order valence-corrected chi connectivity index (χ1v) is 8.68. The van der Waals surface area contributed by atoms with E-state index in [4.69, 9.17) is 0 Å². The normalized spacial score (nSPS) is 13.0. The van der Waals surface area contributed by atoms with Crippen LogP contribution in [0.4, 0.5) is 11.4 Å². The Balaban J connectivity index is 1.63. The molecule has 1 aromatic carbocycles. The van der Waals surface area contributed by atoms with E-state index in [2.05, 4.69) is 10.6 Å². The van der Waals surface area contributed by atoms with Crippen molar-refractivity contribution in [2.45, 2.75) is 33.1 Å². The minimum absolute atomic E-state index is 0.0186. The van der Waals surface area contributed by atoms with Crippen LogP contribution >= 0.6 is 11.3 Å². The van der Waals surface area contributed by atoms with Crippen molar-refractivity contribution < 1.29 is 9.59 Å². The number of hydrogen-bond donors (Lipinski definition) is 2. The van der Waals surface area contributed by atoms with Crippen LogP contribution in [-0.2, 0) is 17.6 Å². The van der Waals surface area contributed by atoms with Gasteiger partial charge in [-0.3, -0.25) is 9.59 Å². The lowest BCUT2D eigenvalue weighted by Gasteiger charge is -2.09. The second-order valence-electron chi connectivity index (χ2n) is 6.09. The molecule has 2 aromatic rings. The summed E-state index contributed by atoms with van der Waals surface area (Å²) in [5.74, 6) is -0.145. The van der Waals surface area contributed by atoms with Gasteiger partial charge in [0.15, 0.2) is 0 Å². The molecule has 0 fully saturated rings. The van der Waals surface area contributed by atoms with Crippen LogP contribution in [0.1, 0.15) is 40.4 Å². The van der Waals surface area contributed by atoms with Crippen LogP contribution in [0.3, 0.4) is 0 Å². The first kappa shape index (κ1) is 15.7. The van der Waals surface area contributed by atoms with Crippen molar-refractivity contribution >= 4 is 34.5 Å². The van der Waals surface area contributed by atoms with E-state index >= 15 is 0 Å². The Morgan fingerprint density at radius 2 is 1.70 bits per heavy atom. The molecule has 0 saturated heterocycles. The Morgan fingerprint density at radius 3 is 2.30 bits per heavy atom. The van der Waals surface area contributed by atoms with E-state index in [0.29, 0.717) is 0 Å². The Hall–Kier alpha value is -2.14. The number of hydrogen-bond acceptors (Lipinski definition) is 3. The highest BCUT2D eigenvalue weighted by atomic mass is 32.1. The Kier molecular flexibility index (Phi) is 4.48. The second kappa shape index (κ2) is 6.54. The Labute approximate surface area is 139 Å². The first-order valence-electron chi connectivity index (χ1n) is 7.87. The summed E-state index contributed by atoms with van der Waals surface area (Å²) in [4.78, 5) is 26.1. The van der Waals surface area contributed by atoms with Gasteiger partial charge in [0.1, 0.15) is 0 Å². The molecule has 0 radical (unpaired) electrons. The SMILES string of the molecule is CC(C)C(=O)Nc1ccc(NC(=O)c2cc3c(s2)CCC3)cc1. The molecule has 23 heavy (non-hydrogen) atoms. The van der Waals surface area contributed by atoms with Crippen LogP contribution in [0.15, 0.2) is 30.3 Å². The van der Waals surface area contributed by atoms with E-state index in [1.54, 1.807) is 35.6 Å². The van der Waals surface area contributed by atoms with E-state index in [1.807, 2.05) is 19.9 Å². The first-order chi connectivity index (χ1) is 11.0. The molecule has 0 saturated carbocycles. The average molecular weight is 328 g/mol. The molecule has 4 nitrogen and oxygen atoms in total. The van der Waals surface area contributed by atoms with Crippen molar-refractivity contribution in [3.63, 3.8) is 0 Å². The molecule has 0 atom stereocenters. The molecular weight excluding hydrogens is 308 g/mol. The molecule has 0 spiro atoms. The number of rotatable bonds is 4. The van der Waals surface area contributed by atoms with Crippen LogP contribution in [0.5, 0.6) is 0 Å². The van der Waals surface area contributed by atoms with Gasteiger partial charge >= 0.3 is 0 Å². The van der Waals surface area contributed by atoms with Crippen molar-refractivity contribution in [2.24, 2.45) is 5.92 Å². The lowest BCUT2D eigenvalue weighted by Crippen LogP contribution is -2.17. The van der Waals surface area contributed by atoms with Crippen LogP contribution in [0.2, 0.25) is 0 Å². The average Bonchev–Trinajstić information content (AvgIpc) is 3.10. The van der Waals surface area contributed by atoms with Gasteiger partial charge < -0.3 is 10.6 Å². The fourth-order valence-corrected chi connectivity index (χ4v) is 3.71. The zero-order chi connectivity index (χ0) is 16.4. The molecule has 1 aromatic heterocycles. The van der Waals surface area contributed by atoms with Crippen LogP contribution in [0, 0.1) is 5.92 Å². The lowest BCUT2D eigenvalue weighted by atomic mass is 10.2. The number of carbonyl (C=O) groups excluding carboxylic acids is 2. The highest BCUT2D eigenvalue weighted by Gasteiger charge is 2.18. The minimum atomic E-state index is -0.0663. The van der Waals surface area contributed by atoms with E-state index in [-0.39, 0.29) is 17.7 Å². The fourth-order valence-electron chi connectivity index (χ4n) is 2.56. The summed E-state index contributed by atoms with van der Waals surface area (Å²) in [6.07, 6.45) is 3.38. The van der Waals surface area contributed by atoms with E-state index in [1.165, 1.54) is 16.9 Å². The third-order valence-corrected chi connectivity index (χ3v) is 5.14. The van der Waals surface area contributed by atoms with Crippen molar-refractivity contribution in [3.05, 3.63) is 45.6 Å². The summed E-state index contributed by atoms with van der Waals surface area (Å²) in [7, 11) is 0. The molecule has 5 heteroatoms. The molecule has 1 heterocycles. The van der Waals surface area contributed by atoms with Crippen molar-refractivity contribution in [1.82, 2.24) is 0 Å².